The third-order valence-corrected chi connectivity index (χ3v) is 6.92. The molecule has 0 saturated carbocycles. The van der Waals surface area contributed by atoms with Gasteiger partial charge in [-0.15, -0.1) is 0 Å². The number of pyridine rings is 1. The second-order valence-electron chi connectivity index (χ2n) is 8.57. The maximum absolute atomic E-state index is 5.19. The fraction of sp³-hybridized carbons (Fsp3) is 0.250. The molecule has 4 aromatic rings. The average molecular weight is 376 g/mol. The first-order chi connectivity index (χ1) is 14.4. The van der Waals surface area contributed by atoms with Gasteiger partial charge in [-0.1, -0.05) is 72.8 Å². The van der Waals surface area contributed by atoms with Gasteiger partial charge < -0.3 is 0 Å². The molecule has 0 bridgehead atoms. The maximum atomic E-state index is 5.19. The fourth-order valence-corrected chi connectivity index (χ4v) is 5.54. The SMILES string of the molecule is c1ccc(C2CCc3nc4c(c(-c5cccc6ccccc56)c3C2)CCC4)cc1. The lowest BCUT2D eigenvalue weighted by molar-refractivity contribution is 0.573. The highest BCUT2D eigenvalue weighted by Gasteiger charge is 2.29. The van der Waals surface area contributed by atoms with Crippen molar-refractivity contribution in [2.75, 3.05) is 0 Å². The standard InChI is InChI=1S/C28H25N/c1-2-8-19(9-3-1)21-16-17-27-25(18-21)28(24-14-7-15-26(24)29-27)23-13-6-11-20-10-4-5-12-22(20)23/h1-6,8-13,21H,7,14-18H2. The summed E-state index contributed by atoms with van der Waals surface area (Å²) in [5.74, 6) is 0.596. The molecule has 0 amide bonds. The molecule has 0 spiro atoms. The van der Waals surface area contributed by atoms with E-state index in [0.717, 1.165) is 19.3 Å². The molecule has 0 radical (unpaired) electrons. The van der Waals surface area contributed by atoms with Gasteiger partial charge in [0.15, 0.2) is 0 Å². The van der Waals surface area contributed by atoms with Crippen LogP contribution in [-0.2, 0) is 25.7 Å². The molecule has 3 aromatic carbocycles. The van der Waals surface area contributed by atoms with E-state index in [4.69, 9.17) is 4.98 Å². The van der Waals surface area contributed by atoms with Crippen LogP contribution in [0.2, 0.25) is 0 Å². The number of rotatable bonds is 2. The minimum Gasteiger partial charge on any atom is -0.257 e. The molecule has 142 valence electrons. The highest BCUT2D eigenvalue weighted by molar-refractivity contribution is 5.98. The van der Waals surface area contributed by atoms with E-state index in [-0.39, 0.29) is 0 Å². The van der Waals surface area contributed by atoms with E-state index < -0.39 is 0 Å². The number of aryl methyl sites for hydroxylation is 2. The second-order valence-corrected chi connectivity index (χ2v) is 8.57. The molecular formula is C28H25N. The summed E-state index contributed by atoms with van der Waals surface area (Å²) in [5.41, 5.74) is 10.2. The molecule has 1 aromatic heterocycles. The van der Waals surface area contributed by atoms with Crippen LogP contribution >= 0.6 is 0 Å². The van der Waals surface area contributed by atoms with Gasteiger partial charge >= 0.3 is 0 Å². The van der Waals surface area contributed by atoms with E-state index in [9.17, 15) is 0 Å². The van der Waals surface area contributed by atoms with E-state index in [0.29, 0.717) is 5.92 Å². The van der Waals surface area contributed by atoms with Crippen LogP contribution in [0.3, 0.4) is 0 Å². The lowest BCUT2D eigenvalue weighted by Crippen LogP contribution is -2.17. The van der Waals surface area contributed by atoms with Crippen LogP contribution in [0.1, 0.15) is 46.8 Å². The van der Waals surface area contributed by atoms with Crippen LogP contribution in [0.5, 0.6) is 0 Å². The van der Waals surface area contributed by atoms with Crippen molar-refractivity contribution >= 4 is 10.8 Å². The summed E-state index contributed by atoms with van der Waals surface area (Å²) in [7, 11) is 0. The molecule has 2 aliphatic carbocycles. The number of nitrogens with zero attached hydrogens (tertiary/aromatic N) is 1. The van der Waals surface area contributed by atoms with Crippen LogP contribution in [0.25, 0.3) is 21.9 Å². The number of fused-ring (bicyclic) bond motifs is 3. The van der Waals surface area contributed by atoms with Crippen molar-refractivity contribution in [3.05, 3.63) is 101 Å². The van der Waals surface area contributed by atoms with Crippen molar-refractivity contribution in [2.24, 2.45) is 0 Å². The molecule has 2 aliphatic rings. The zero-order valence-corrected chi connectivity index (χ0v) is 16.7. The van der Waals surface area contributed by atoms with E-state index in [1.54, 1.807) is 0 Å². The lowest BCUT2D eigenvalue weighted by atomic mass is 9.77. The summed E-state index contributed by atoms with van der Waals surface area (Å²) in [6.07, 6.45) is 6.97. The third kappa shape index (κ3) is 2.80. The van der Waals surface area contributed by atoms with Gasteiger partial charge in [0.25, 0.3) is 0 Å². The Balaban J connectivity index is 1.58. The number of hydrogen-bond acceptors (Lipinski definition) is 1. The minimum atomic E-state index is 0.596. The summed E-state index contributed by atoms with van der Waals surface area (Å²) >= 11 is 0. The normalized spacial score (nSPS) is 17.9. The predicted octanol–water partition coefficient (Wildman–Crippen LogP) is 6.66. The van der Waals surface area contributed by atoms with E-state index in [2.05, 4.69) is 72.8 Å². The monoisotopic (exact) mass is 375 g/mol. The number of benzene rings is 3. The molecule has 29 heavy (non-hydrogen) atoms. The molecule has 6 rings (SSSR count). The largest absolute Gasteiger partial charge is 0.257 e. The van der Waals surface area contributed by atoms with Gasteiger partial charge in [0.1, 0.15) is 0 Å². The first kappa shape index (κ1) is 17.0. The number of aromatic nitrogens is 1. The van der Waals surface area contributed by atoms with Crippen LogP contribution in [0.15, 0.2) is 72.8 Å². The molecule has 0 saturated heterocycles. The summed E-state index contributed by atoms with van der Waals surface area (Å²) in [5, 5.41) is 2.71. The Morgan fingerprint density at radius 3 is 2.41 bits per heavy atom. The third-order valence-electron chi connectivity index (χ3n) is 6.92. The molecule has 0 fully saturated rings. The molecule has 0 N–H and O–H groups in total. The smallest absolute Gasteiger partial charge is 0.0445 e. The Morgan fingerprint density at radius 2 is 1.48 bits per heavy atom. The Morgan fingerprint density at radius 1 is 0.690 bits per heavy atom. The molecule has 1 heterocycles. The topological polar surface area (TPSA) is 12.9 Å². The van der Waals surface area contributed by atoms with Crippen molar-refractivity contribution in [1.82, 2.24) is 4.98 Å². The van der Waals surface area contributed by atoms with Gasteiger partial charge in [-0.2, -0.15) is 0 Å². The average Bonchev–Trinajstić information content (AvgIpc) is 3.25. The van der Waals surface area contributed by atoms with E-state index in [1.807, 2.05) is 0 Å². The second kappa shape index (κ2) is 6.84. The van der Waals surface area contributed by atoms with Crippen molar-refractivity contribution < 1.29 is 0 Å². The van der Waals surface area contributed by atoms with Crippen molar-refractivity contribution in [3.8, 4) is 11.1 Å². The van der Waals surface area contributed by atoms with Gasteiger partial charge in [0.05, 0.1) is 0 Å². The summed E-state index contributed by atoms with van der Waals surface area (Å²) in [6, 6.07) is 26.7. The molecule has 0 aliphatic heterocycles. The Hall–Kier alpha value is -2.93. The van der Waals surface area contributed by atoms with Gasteiger partial charge in [-0.25, -0.2) is 0 Å². The molecular weight excluding hydrogens is 350 g/mol. The molecule has 1 unspecified atom stereocenters. The quantitative estimate of drug-likeness (QED) is 0.381. The van der Waals surface area contributed by atoms with Crippen molar-refractivity contribution in [1.29, 1.82) is 0 Å². The predicted molar refractivity (Wildman–Crippen MR) is 120 cm³/mol. The first-order valence-corrected chi connectivity index (χ1v) is 10.9. The summed E-state index contributed by atoms with van der Waals surface area (Å²) < 4.78 is 0. The van der Waals surface area contributed by atoms with Gasteiger partial charge in [-0.3, -0.25) is 4.98 Å². The van der Waals surface area contributed by atoms with E-state index >= 15 is 0 Å². The van der Waals surface area contributed by atoms with Crippen LogP contribution < -0.4 is 0 Å². The van der Waals surface area contributed by atoms with Crippen LogP contribution in [-0.4, -0.2) is 4.98 Å². The van der Waals surface area contributed by atoms with Crippen molar-refractivity contribution in [3.63, 3.8) is 0 Å². The van der Waals surface area contributed by atoms with Crippen LogP contribution in [0, 0.1) is 0 Å². The number of hydrogen-bond donors (Lipinski definition) is 0. The van der Waals surface area contributed by atoms with Crippen LogP contribution in [0.4, 0.5) is 0 Å². The summed E-state index contributed by atoms with van der Waals surface area (Å²) in [6.45, 7) is 0. The Kier molecular flexibility index (Phi) is 4.01. The Bertz CT molecular complexity index is 1200. The Labute approximate surface area is 172 Å². The zero-order chi connectivity index (χ0) is 19.2. The highest BCUT2D eigenvalue weighted by Crippen LogP contribution is 2.43. The molecule has 1 nitrogen and oxygen atoms in total. The van der Waals surface area contributed by atoms with Gasteiger partial charge in [0, 0.05) is 11.4 Å². The minimum absolute atomic E-state index is 0.596. The maximum Gasteiger partial charge on any atom is 0.0445 e. The summed E-state index contributed by atoms with van der Waals surface area (Å²) in [4.78, 5) is 5.19. The zero-order valence-electron chi connectivity index (χ0n) is 16.7. The van der Waals surface area contributed by atoms with E-state index in [1.165, 1.54) is 69.2 Å². The highest BCUT2D eigenvalue weighted by atomic mass is 14.7. The molecule has 1 heteroatoms. The van der Waals surface area contributed by atoms with Crippen molar-refractivity contribution in [2.45, 2.75) is 44.4 Å². The lowest BCUT2D eigenvalue weighted by Gasteiger charge is -2.28. The fourth-order valence-electron chi connectivity index (χ4n) is 5.54. The van der Waals surface area contributed by atoms with Gasteiger partial charge in [-0.05, 0) is 83.0 Å². The first-order valence-electron chi connectivity index (χ1n) is 10.9. The molecule has 1 atom stereocenters. The van der Waals surface area contributed by atoms with Gasteiger partial charge in [0.2, 0.25) is 0 Å².